The fraction of sp³-hybridized carbons (Fsp3) is 0.333. The van der Waals surface area contributed by atoms with E-state index in [1.807, 2.05) is 13.8 Å². The molecule has 1 aromatic carbocycles. The number of H-pyrrole nitrogens is 1. The lowest BCUT2D eigenvalue weighted by molar-refractivity contribution is -0.122. The molecule has 0 aliphatic heterocycles. The summed E-state index contributed by atoms with van der Waals surface area (Å²) < 4.78 is 15.4. The minimum absolute atomic E-state index is 0.0162. The number of carbonyl (C=O) groups is 1. The quantitative estimate of drug-likeness (QED) is 0.856. The van der Waals surface area contributed by atoms with Gasteiger partial charge >= 0.3 is 0 Å². The first kappa shape index (κ1) is 14.0. The molecular formula is C12H13ClFN3OS. The number of amides is 1. The Hall–Kier alpha value is -1.40. The summed E-state index contributed by atoms with van der Waals surface area (Å²) in [5.74, 6) is -0.719. The number of aromatic nitrogens is 2. The van der Waals surface area contributed by atoms with Gasteiger partial charge in [0.05, 0.1) is 16.1 Å². The van der Waals surface area contributed by atoms with E-state index in [1.165, 1.54) is 12.1 Å². The van der Waals surface area contributed by atoms with Gasteiger partial charge in [-0.15, -0.1) is 0 Å². The first-order valence-corrected chi connectivity index (χ1v) is 6.54. The maximum absolute atomic E-state index is 13.5. The van der Waals surface area contributed by atoms with Crippen LogP contribution in [0.15, 0.2) is 12.1 Å². The van der Waals surface area contributed by atoms with Gasteiger partial charge in [-0.2, -0.15) is 0 Å². The number of fused-ring (bicyclic) bond motifs is 1. The van der Waals surface area contributed by atoms with Gasteiger partial charge in [-0.3, -0.25) is 4.79 Å². The molecule has 4 nitrogen and oxygen atoms in total. The van der Waals surface area contributed by atoms with Crippen LogP contribution >= 0.6 is 23.8 Å². The van der Waals surface area contributed by atoms with Crippen LogP contribution in [-0.2, 0) is 11.3 Å². The van der Waals surface area contributed by atoms with Crippen molar-refractivity contribution in [1.29, 1.82) is 0 Å². The number of carbonyl (C=O) groups excluding carboxylic acids is 1. The molecule has 0 unspecified atom stereocenters. The van der Waals surface area contributed by atoms with Crippen molar-refractivity contribution in [2.45, 2.75) is 26.4 Å². The second kappa shape index (κ2) is 5.30. The van der Waals surface area contributed by atoms with Gasteiger partial charge in [0.25, 0.3) is 0 Å². The summed E-state index contributed by atoms with van der Waals surface area (Å²) in [6.45, 7) is 3.77. The van der Waals surface area contributed by atoms with Gasteiger partial charge in [0.1, 0.15) is 12.4 Å². The summed E-state index contributed by atoms with van der Waals surface area (Å²) in [6.07, 6.45) is 0. The van der Waals surface area contributed by atoms with Crippen molar-refractivity contribution in [2.75, 3.05) is 0 Å². The summed E-state index contributed by atoms with van der Waals surface area (Å²) in [4.78, 5) is 14.7. The molecule has 1 heterocycles. The second-order valence-electron chi connectivity index (χ2n) is 4.52. The highest BCUT2D eigenvalue weighted by Crippen LogP contribution is 2.22. The van der Waals surface area contributed by atoms with Gasteiger partial charge in [0, 0.05) is 12.1 Å². The predicted molar refractivity (Wildman–Crippen MR) is 75.4 cm³/mol. The lowest BCUT2D eigenvalue weighted by Crippen LogP contribution is -2.33. The van der Waals surface area contributed by atoms with E-state index in [1.54, 1.807) is 4.57 Å². The number of rotatable bonds is 3. The van der Waals surface area contributed by atoms with Crippen LogP contribution < -0.4 is 5.32 Å². The van der Waals surface area contributed by atoms with Crippen molar-refractivity contribution < 1.29 is 9.18 Å². The van der Waals surface area contributed by atoms with E-state index in [9.17, 15) is 9.18 Å². The molecule has 102 valence electrons. The topological polar surface area (TPSA) is 49.8 Å². The minimum atomic E-state index is -0.541. The molecule has 1 aromatic heterocycles. The van der Waals surface area contributed by atoms with E-state index in [0.29, 0.717) is 15.8 Å². The largest absolute Gasteiger partial charge is 0.352 e. The molecule has 2 N–H and O–H groups in total. The summed E-state index contributed by atoms with van der Waals surface area (Å²) in [6, 6.07) is 2.77. The minimum Gasteiger partial charge on any atom is -0.352 e. The molecule has 7 heteroatoms. The van der Waals surface area contributed by atoms with Crippen molar-refractivity contribution in [1.82, 2.24) is 14.9 Å². The van der Waals surface area contributed by atoms with Crippen LogP contribution in [0.5, 0.6) is 0 Å². The van der Waals surface area contributed by atoms with E-state index >= 15 is 0 Å². The third-order valence-electron chi connectivity index (χ3n) is 2.57. The number of aromatic amines is 1. The summed E-state index contributed by atoms with van der Waals surface area (Å²) in [7, 11) is 0. The van der Waals surface area contributed by atoms with Crippen LogP contribution in [0.3, 0.4) is 0 Å². The Balaban J connectivity index is 2.43. The molecule has 0 aliphatic carbocycles. The van der Waals surface area contributed by atoms with Crippen molar-refractivity contribution >= 4 is 40.8 Å². The Bertz CT molecular complexity index is 692. The zero-order valence-electron chi connectivity index (χ0n) is 10.5. The highest BCUT2D eigenvalue weighted by Gasteiger charge is 2.12. The van der Waals surface area contributed by atoms with Crippen LogP contribution in [0.2, 0.25) is 5.02 Å². The third kappa shape index (κ3) is 2.96. The van der Waals surface area contributed by atoms with Crippen molar-refractivity contribution in [3.63, 3.8) is 0 Å². The van der Waals surface area contributed by atoms with Crippen LogP contribution in [-0.4, -0.2) is 21.5 Å². The predicted octanol–water partition coefficient (Wildman–Crippen LogP) is 3.02. The normalized spacial score (nSPS) is 11.2. The monoisotopic (exact) mass is 301 g/mol. The molecule has 0 bridgehead atoms. The molecular weight excluding hydrogens is 289 g/mol. The number of hydrogen-bond acceptors (Lipinski definition) is 2. The molecule has 2 aromatic rings. The van der Waals surface area contributed by atoms with Gasteiger partial charge in [0.2, 0.25) is 5.91 Å². The molecule has 0 radical (unpaired) electrons. The first-order valence-electron chi connectivity index (χ1n) is 5.75. The van der Waals surface area contributed by atoms with Crippen molar-refractivity contribution in [3.8, 4) is 0 Å². The van der Waals surface area contributed by atoms with E-state index in [2.05, 4.69) is 10.3 Å². The van der Waals surface area contributed by atoms with Gasteiger partial charge in [0.15, 0.2) is 4.77 Å². The number of imidazole rings is 1. The van der Waals surface area contributed by atoms with Crippen molar-refractivity contribution in [3.05, 3.63) is 27.7 Å². The Morgan fingerprint density at radius 3 is 2.89 bits per heavy atom. The van der Waals surface area contributed by atoms with Crippen molar-refractivity contribution in [2.24, 2.45) is 0 Å². The van der Waals surface area contributed by atoms with Crippen LogP contribution in [0.4, 0.5) is 4.39 Å². The number of nitrogens with one attached hydrogen (secondary N) is 2. The summed E-state index contributed by atoms with van der Waals surface area (Å²) >= 11 is 10.8. The summed E-state index contributed by atoms with van der Waals surface area (Å²) in [5, 5.41) is 2.78. The van der Waals surface area contributed by atoms with Crippen LogP contribution in [0.25, 0.3) is 11.0 Å². The molecule has 2 rings (SSSR count). The standard InChI is InChI=1S/C12H13ClFN3OS/c1-6(2)15-11(18)5-17-10-4-8(14)7(13)3-9(10)16-12(17)19/h3-4,6H,5H2,1-2H3,(H,15,18)(H,16,19). The Kier molecular flexibility index (Phi) is 3.91. The lowest BCUT2D eigenvalue weighted by atomic mass is 10.3. The third-order valence-corrected chi connectivity index (χ3v) is 3.18. The number of nitrogens with zero attached hydrogens (tertiary/aromatic N) is 1. The molecule has 0 fully saturated rings. The first-order chi connectivity index (χ1) is 8.88. The van der Waals surface area contributed by atoms with E-state index in [4.69, 9.17) is 23.8 Å². The molecule has 1 amide bonds. The van der Waals surface area contributed by atoms with Gasteiger partial charge in [-0.25, -0.2) is 4.39 Å². The number of hydrogen-bond donors (Lipinski definition) is 2. The average molecular weight is 302 g/mol. The number of benzene rings is 1. The molecule has 0 aliphatic rings. The fourth-order valence-electron chi connectivity index (χ4n) is 1.82. The lowest BCUT2D eigenvalue weighted by Gasteiger charge is -2.09. The maximum Gasteiger partial charge on any atom is 0.240 e. The Labute approximate surface area is 119 Å². The van der Waals surface area contributed by atoms with Gasteiger partial charge in [-0.1, -0.05) is 11.6 Å². The zero-order valence-corrected chi connectivity index (χ0v) is 12.0. The molecule has 19 heavy (non-hydrogen) atoms. The SMILES string of the molecule is CC(C)NC(=O)Cn1c(=S)[nH]c2cc(Cl)c(F)cc21. The Morgan fingerprint density at radius 2 is 2.26 bits per heavy atom. The van der Waals surface area contributed by atoms with Gasteiger partial charge in [-0.05, 0) is 32.1 Å². The fourth-order valence-corrected chi connectivity index (χ4v) is 2.26. The molecule has 0 atom stereocenters. The molecule has 0 saturated carbocycles. The Morgan fingerprint density at radius 1 is 1.58 bits per heavy atom. The zero-order chi connectivity index (χ0) is 14.2. The molecule has 0 saturated heterocycles. The van der Waals surface area contributed by atoms with Crippen LogP contribution in [0.1, 0.15) is 13.8 Å². The van der Waals surface area contributed by atoms with Crippen LogP contribution in [0, 0.1) is 10.6 Å². The highest BCUT2D eigenvalue weighted by atomic mass is 35.5. The van der Waals surface area contributed by atoms with E-state index < -0.39 is 5.82 Å². The highest BCUT2D eigenvalue weighted by molar-refractivity contribution is 7.71. The van der Waals surface area contributed by atoms with E-state index in [-0.39, 0.29) is 23.5 Å². The maximum atomic E-state index is 13.5. The second-order valence-corrected chi connectivity index (χ2v) is 5.32. The van der Waals surface area contributed by atoms with Gasteiger partial charge < -0.3 is 14.9 Å². The summed E-state index contributed by atoms with van der Waals surface area (Å²) in [5.41, 5.74) is 1.12. The van der Waals surface area contributed by atoms with E-state index in [0.717, 1.165) is 0 Å². The molecule has 0 spiro atoms. The smallest absolute Gasteiger partial charge is 0.240 e. The number of halogens is 2. The average Bonchev–Trinajstić information content (AvgIpc) is 2.56.